The number of β-amino-alcohol motifs (C(OH)–C–C–N with tert-alkyl or cyclic N) is 1. The molecule has 1 amide bonds. The van der Waals surface area contributed by atoms with Gasteiger partial charge in [0.1, 0.15) is 5.82 Å². The van der Waals surface area contributed by atoms with Gasteiger partial charge in [0, 0.05) is 25.8 Å². The third-order valence-electron chi connectivity index (χ3n) is 3.30. The lowest BCUT2D eigenvalue weighted by atomic mass is 10.2. The monoisotopic (exact) mass is 278 g/mol. The van der Waals surface area contributed by atoms with Crippen molar-refractivity contribution in [2.75, 3.05) is 25.0 Å². The average Bonchev–Trinajstić information content (AvgIpc) is 2.90. The molecule has 4 N–H and O–H groups in total. The molecule has 1 fully saturated rings. The number of pyridine rings is 1. The Bertz CT molecular complexity index is 413. The molecule has 0 spiro atoms. The normalized spacial score (nSPS) is 21.6. The largest absolute Gasteiger partial charge is 0.392 e. The fourth-order valence-corrected chi connectivity index (χ4v) is 2.19. The van der Waals surface area contributed by atoms with E-state index in [4.69, 9.17) is 0 Å². The Kier molecular flexibility index (Phi) is 5.76. The van der Waals surface area contributed by atoms with Crippen molar-refractivity contribution in [1.29, 1.82) is 0 Å². The third kappa shape index (κ3) is 4.79. The summed E-state index contributed by atoms with van der Waals surface area (Å²) in [6.45, 7) is 2.01. The predicted octanol–water partition coefficient (Wildman–Crippen LogP) is 0.113. The molecule has 20 heavy (non-hydrogen) atoms. The van der Waals surface area contributed by atoms with E-state index in [1.165, 1.54) is 0 Å². The van der Waals surface area contributed by atoms with E-state index in [0.29, 0.717) is 19.5 Å². The molecular formula is C14H22N4O2. The SMILES string of the molecule is O=C(NCCCCNc1ccccn1)C1CC(O)CN1. The van der Waals surface area contributed by atoms with Gasteiger partial charge in [-0.3, -0.25) is 4.79 Å². The summed E-state index contributed by atoms with van der Waals surface area (Å²) >= 11 is 0. The first-order valence-electron chi connectivity index (χ1n) is 7.10. The van der Waals surface area contributed by atoms with Gasteiger partial charge in [-0.25, -0.2) is 4.98 Å². The van der Waals surface area contributed by atoms with E-state index in [9.17, 15) is 9.90 Å². The number of unbranched alkanes of at least 4 members (excludes halogenated alkanes) is 1. The summed E-state index contributed by atoms with van der Waals surface area (Å²) in [5, 5.41) is 18.5. The molecule has 0 aromatic carbocycles. The molecule has 1 aliphatic heterocycles. The lowest BCUT2D eigenvalue weighted by molar-refractivity contribution is -0.122. The van der Waals surface area contributed by atoms with Crippen molar-refractivity contribution in [1.82, 2.24) is 15.6 Å². The number of hydrogen-bond donors (Lipinski definition) is 4. The van der Waals surface area contributed by atoms with Gasteiger partial charge in [-0.1, -0.05) is 6.07 Å². The number of carbonyl (C=O) groups is 1. The predicted molar refractivity (Wildman–Crippen MR) is 77.4 cm³/mol. The van der Waals surface area contributed by atoms with E-state index in [2.05, 4.69) is 20.9 Å². The smallest absolute Gasteiger partial charge is 0.237 e. The van der Waals surface area contributed by atoms with E-state index in [-0.39, 0.29) is 11.9 Å². The fraction of sp³-hybridized carbons (Fsp3) is 0.571. The molecule has 1 aromatic heterocycles. The Morgan fingerprint density at radius 3 is 2.95 bits per heavy atom. The highest BCUT2D eigenvalue weighted by atomic mass is 16.3. The van der Waals surface area contributed by atoms with Crippen LogP contribution in [0.2, 0.25) is 0 Å². The van der Waals surface area contributed by atoms with Gasteiger partial charge >= 0.3 is 0 Å². The van der Waals surface area contributed by atoms with Crippen molar-refractivity contribution in [2.45, 2.75) is 31.4 Å². The van der Waals surface area contributed by atoms with Crippen LogP contribution in [0, 0.1) is 0 Å². The van der Waals surface area contributed by atoms with Gasteiger partial charge in [-0.15, -0.1) is 0 Å². The molecular weight excluding hydrogens is 256 g/mol. The van der Waals surface area contributed by atoms with Crippen LogP contribution in [0.4, 0.5) is 5.82 Å². The second kappa shape index (κ2) is 7.81. The average molecular weight is 278 g/mol. The van der Waals surface area contributed by atoms with E-state index in [1.54, 1.807) is 6.20 Å². The van der Waals surface area contributed by atoms with Gasteiger partial charge in [-0.05, 0) is 31.4 Å². The van der Waals surface area contributed by atoms with Crippen molar-refractivity contribution in [3.8, 4) is 0 Å². The van der Waals surface area contributed by atoms with Gasteiger partial charge in [-0.2, -0.15) is 0 Å². The van der Waals surface area contributed by atoms with Gasteiger partial charge in [0.15, 0.2) is 0 Å². The van der Waals surface area contributed by atoms with Crippen LogP contribution in [-0.4, -0.2) is 47.8 Å². The molecule has 0 saturated carbocycles. The lowest BCUT2D eigenvalue weighted by Gasteiger charge is -2.11. The first-order chi connectivity index (χ1) is 9.75. The van der Waals surface area contributed by atoms with E-state index in [0.717, 1.165) is 25.2 Å². The number of carbonyl (C=O) groups excluding carboxylic acids is 1. The summed E-state index contributed by atoms with van der Waals surface area (Å²) in [4.78, 5) is 15.9. The zero-order chi connectivity index (χ0) is 14.2. The zero-order valence-electron chi connectivity index (χ0n) is 11.5. The van der Waals surface area contributed by atoms with Crippen molar-refractivity contribution >= 4 is 11.7 Å². The van der Waals surface area contributed by atoms with Crippen LogP contribution in [0.15, 0.2) is 24.4 Å². The molecule has 0 aliphatic carbocycles. The van der Waals surface area contributed by atoms with Crippen LogP contribution in [0.1, 0.15) is 19.3 Å². The number of rotatable bonds is 7. The number of aliphatic hydroxyl groups excluding tert-OH is 1. The number of aromatic nitrogens is 1. The molecule has 6 heteroatoms. The zero-order valence-corrected chi connectivity index (χ0v) is 11.5. The molecule has 0 radical (unpaired) electrons. The quantitative estimate of drug-likeness (QED) is 0.532. The third-order valence-corrected chi connectivity index (χ3v) is 3.30. The lowest BCUT2D eigenvalue weighted by Crippen LogP contribution is -2.40. The second-order valence-electron chi connectivity index (χ2n) is 4.99. The molecule has 1 saturated heterocycles. The van der Waals surface area contributed by atoms with Crippen LogP contribution in [0.5, 0.6) is 0 Å². The summed E-state index contributed by atoms with van der Waals surface area (Å²) < 4.78 is 0. The van der Waals surface area contributed by atoms with Gasteiger partial charge < -0.3 is 21.1 Å². The van der Waals surface area contributed by atoms with Crippen LogP contribution < -0.4 is 16.0 Å². The minimum Gasteiger partial charge on any atom is -0.392 e. The van der Waals surface area contributed by atoms with Gasteiger partial charge in [0.05, 0.1) is 12.1 Å². The summed E-state index contributed by atoms with van der Waals surface area (Å²) in [5.74, 6) is 0.861. The van der Waals surface area contributed by atoms with E-state index < -0.39 is 6.10 Å². The minimum atomic E-state index is -0.395. The second-order valence-corrected chi connectivity index (χ2v) is 4.99. The van der Waals surface area contributed by atoms with Crippen LogP contribution in [-0.2, 0) is 4.79 Å². The van der Waals surface area contributed by atoms with Crippen molar-refractivity contribution in [2.24, 2.45) is 0 Å². The van der Waals surface area contributed by atoms with Crippen molar-refractivity contribution in [3.05, 3.63) is 24.4 Å². The topological polar surface area (TPSA) is 86.3 Å². The van der Waals surface area contributed by atoms with Gasteiger partial charge in [0.2, 0.25) is 5.91 Å². The standard InChI is InChI=1S/C14H22N4O2/c19-11-9-12(18-10-11)14(20)17-8-4-3-7-16-13-5-1-2-6-15-13/h1-2,5-6,11-12,18-19H,3-4,7-10H2,(H,15,16)(H,17,20). The highest BCUT2D eigenvalue weighted by molar-refractivity contribution is 5.82. The number of anilines is 1. The minimum absolute atomic E-state index is 0.0146. The molecule has 2 rings (SSSR count). The van der Waals surface area contributed by atoms with Crippen LogP contribution >= 0.6 is 0 Å². The van der Waals surface area contributed by atoms with Crippen LogP contribution in [0.3, 0.4) is 0 Å². The highest BCUT2D eigenvalue weighted by Crippen LogP contribution is 2.06. The first kappa shape index (κ1) is 14.7. The van der Waals surface area contributed by atoms with E-state index in [1.807, 2.05) is 18.2 Å². The molecule has 6 nitrogen and oxygen atoms in total. The summed E-state index contributed by atoms with van der Waals surface area (Å²) in [6, 6.07) is 5.52. The van der Waals surface area contributed by atoms with Crippen LogP contribution in [0.25, 0.3) is 0 Å². The molecule has 1 aliphatic rings. The van der Waals surface area contributed by atoms with Gasteiger partial charge in [0.25, 0.3) is 0 Å². The maximum Gasteiger partial charge on any atom is 0.237 e. The first-order valence-corrected chi connectivity index (χ1v) is 7.10. The summed E-state index contributed by atoms with van der Waals surface area (Å²) in [7, 11) is 0. The molecule has 2 unspecified atom stereocenters. The summed E-state index contributed by atoms with van der Waals surface area (Å²) in [6.07, 6.45) is 3.75. The Hall–Kier alpha value is -1.66. The molecule has 2 heterocycles. The Labute approximate surface area is 119 Å². The highest BCUT2D eigenvalue weighted by Gasteiger charge is 2.27. The Morgan fingerprint density at radius 2 is 2.25 bits per heavy atom. The Morgan fingerprint density at radius 1 is 1.40 bits per heavy atom. The summed E-state index contributed by atoms with van der Waals surface area (Å²) in [5.41, 5.74) is 0. The fourth-order valence-electron chi connectivity index (χ4n) is 2.19. The molecule has 2 atom stereocenters. The van der Waals surface area contributed by atoms with Crippen molar-refractivity contribution < 1.29 is 9.90 Å². The molecule has 1 aromatic rings. The number of nitrogens with zero attached hydrogens (tertiary/aromatic N) is 1. The van der Waals surface area contributed by atoms with E-state index >= 15 is 0 Å². The maximum atomic E-state index is 11.7. The Balaban J connectivity index is 1.50. The maximum absolute atomic E-state index is 11.7. The number of aliphatic hydroxyl groups is 1. The van der Waals surface area contributed by atoms with Crippen molar-refractivity contribution in [3.63, 3.8) is 0 Å². The molecule has 110 valence electrons. The number of amides is 1. The number of nitrogens with one attached hydrogen (secondary N) is 3. The molecule has 0 bridgehead atoms. The number of hydrogen-bond acceptors (Lipinski definition) is 5.